The first kappa shape index (κ1) is 56.9. The van der Waals surface area contributed by atoms with Crippen LogP contribution in [0.15, 0.2) is 177 Å². The van der Waals surface area contributed by atoms with Crippen LogP contribution in [0.3, 0.4) is 0 Å². The minimum Gasteiger partial charge on any atom is -0.508 e. The molecule has 2 aliphatic rings. The second-order valence-electron chi connectivity index (χ2n) is 19.7. The minimum atomic E-state index is -0.486. The molecule has 5 aromatic carbocycles. The van der Waals surface area contributed by atoms with E-state index in [-0.39, 0.29) is 60.2 Å². The van der Waals surface area contributed by atoms with E-state index in [1.165, 1.54) is 12.1 Å². The number of nitrogens with zero attached hydrogens (tertiary/aromatic N) is 12. The van der Waals surface area contributed by atoms with Gasteiger partial charge in [0.25, 0.3) is 11.8 Å². The Bertz CT molecular complexity index is 4010. The van der Waals surface area contributed by atoms with Gasteiger partial charge in [0.05, 0.1) is 55.5 Å². The molecule has 21 heteroatoms. The summed E-state index contributed by atoms with van der Waals surface area (Å²) >= 11 is 0. The van der Waals surface area contributed by atoms with Crippen LogP contribution >= 0.6 is 0 Å². The van der Waals surface area contributed by atoms with Crippen molar-refractivity contribution < 1.29 is 33.8 Å². The summed E-state index contributed by atoms with van der Waals surface area (Å²) in [4.78, 5) is 87.1. The lowest BCUT2D eigenvalue weighted by Crippen LogP contribution is -2.55. The highest BCUT2D eigenvalue weighted by atomic mass is 16.6. The van der Waals surface area contributed by atoms with Crippen molar-refractivity contribution in [1.29, 1.82) is 10.5 Å². The summed E-state index contributed by atoms with van der Waals surface area (Å²) in [5.74, 6) is 0.983. The second kappa shape index (κ2) is 26.5. The number of benzene rings is 5. The molecule has 0 bridgehead atoms. The van der Waals surface area contributed by atoms with E-state index < -0.39 is 23.9 Å². The molecule has 0 aliphatic carbocycles. The highest BCUT2D eigenvalue weighted by Gasteiger charge is 2.34. The second-order valence-corrected chi connectivity index (χ2v) is 19.7. The summed E-state index contributed by atoms with van der Waals surface area (Å²) in [6.07, 6.45) is 4.27. The molecule has 2 fully saturated rings. The van der Waals surface area contributed by atoms with Gasteiger partial charge in [-0.05, 0) is 58.8 Å². The summed E-state index contributed by atoms with van der Waals surface area (Å²) in [5, 5.41) is 38.3. The minimum absolute atomic E-state index is 0.0250. The number of nitriles is 2. The van der Waals surface area contributed by atoms with Crippen molar-refractivity contribution in [3.8, 4) is 46.7 Å². The van der Waals surface area contributed by atoms with Crippen LogP contribution < -0.4 is 25.2 Å². The maximum Gasteiger partial charge on any atom is 0.410 e. The molecule has 4 aromatic heterocycles. The lowest BCUT2D eigenvalue weighted by Gasteiger charge is -2.40. The van der Waals surface area contributed by atoms with Crippen LogP contribution in [0.4, 0.5) is 27.8 Å². The Kier molecular flexibility index (Phi) is 17.8. The van der Waals surface area contributed by atoms with Gasteiger partial charge >= 0.3 is 6.09 Å². The van der Waals surface area contributed by atoms with Crippen molar-refractivity contribution in [3.63, 3.8) is 0 Å². The van der Waals surface area contributed by atoms with Gasteiger partial charge in [-0.25, -0.2) is 24.7 Å². The normalized spacial score (nSPS) is 14.7. The van der Waals surface area contributed by atoms with Crippen molar-refractivity contribution in [1.82, 2.24) is 39.7 Å². The van der Waals surface area contributed by atoms with Gasteiger partial charge in [0.15, 0.2) is 11.6 Å². The zero-order valence-electron chi connectivity index (χ0n) is 46.2. The number of carbonyl (C=O) groups is 4. The number of aromatic hydroxyl groups is 1. The summed E-state index contributed by atoms with van der Waals surface area (Å²) in [5.41, 5.74) is 3.14. The van der Waals surface area contributed by atoms with Gasteiger partial charge < -0.3 is 44.8 Å². The molecule has 21 nitrogen and oxygen atoms in total. The average molecular weight is 1130 g/mol. The third-order valence-corrected chi connectivity index (χ3v) is 14.3. The van der Waals surface area contributed by atoms with Crippen molar-refractivity contribution in [2.24, 2.45) is 0 Å². The molecule has 0 saturated carbocycles. The highest BCUT2D eigenvalue weighted by Crippen LogP contribution is 2.33. The molecule has 9 aromatic rings. The number of phenols is 1. The molecule has 0 unspecified atom stereocenters. The molecule has 0 radical (unpaired) electrons. The van der Waals surface area contributed by atoms with Crippen molar-refractivity contribution in [3.05, 3.63) is 194 Å². The Hall–Kier alpha value is -11.3. The molecular weight excluding hydrogens is 1080 g/mol. The van der Waals surface area contributed by atoms with E-state index >= 15 is 0 Å². The van der Waals surface area contributed by atoms with Crippen LogP contribution in [0.1, 0.15) is 39.4 Å². The van der Waals surface area contributed by atoms with E-state index in [1.807, 2.05) is 101 Å². The van der Waals surface area contributed by atoms with Crippen LogP contribution in [0, 0.1) is 22.7 Å². The van der Waals surface area contributed by atoms with Crippen LogP contribution in [-0.4, -0.2) is 127 Å². The number of hydrogen-bond acceptors (Lipinski definition) is 17. The SMILES string of the molecule is C=CC(=O)N1CCN(c2cc(C(=O)Nc3cc(O)cc4ccccc34)nc(-c3ccccn3)n2)C[C@@H]1CC#N.COc1cc(NC(=O)c2cc(N3CCN(C(=O)OCc4ccccc4)[C@@H](CC#N)C3)nc(-c3ccccn3)n2)c2ccccc2c1. The summed E-state index contributed by atoms with van der Waals surface area (Å²) in [6, 6.07) is 48.8. The number of pyridine rings is 2. The molecule has 85 heavy (non-hydrogen) atoms. The molecule has 11 rings (SSSR count). The number of phenolic OH excluding ortho intramolecular Hbond substituents is 1. The summed E-state index contributed by atoms with van der Waals surface area (Å²) in [6.45, 7) is 5.90. The van der Waals surface area contributed by atoms with E-state index in [9.17, 15) is 34.8 Å². The summed E-state index contributed by atoms with van der Waals surface area (Å²) < 4.78 is 11.0. The Morgan fingerprint density at radius 3 is 1.66 bits per heavy atom. The predicted octanol–water partition coefficient (Wildman–Crippen LogP) is 9.46. The zero-order valence-corrected chi connectivity index (χ0v) is 46.2. The number of anilines is 4. The van der Waals surface area contributed by atoms with E-state index in [0.29, 0.717) is 79.4 Å². The van der Waals surface area contributed by atoms with E-state index in [2.05, 4.69) is 49.3 Å². The molecule has 2 saturated heterocycles. The fourth-order valence-corrected chi connectivity index (χ4v) is 10.1. The Morgan fingerprint density at radius 1 is 0.624 bits per heavy atom. The number of amides is 4. The smallest absolute Gasteiger partial charge is 0.410 e. The van der Waals surface area contributed by atoms with Crippen LogP contribution in [0.25, 0.3) is 44.6 Å². The number of hydrogen-bond donors (Lipinski definition) is 3. The van der Waals surface area contributed by atoms with Gasteiger partial charge in [0.1, 0.15) is 52.5 Å². The van der Waals surface area contributed by atoms with E-state index in [4.69, 9.17) is 19.4 Å². The maximum atomic E-state index is 13.8. The Balaban J connectivity index is 0.000000192. The molecule has 2 aliphatic heterocycles. The van der Waals surface area contributed by atoms with Crippen LogP contribution in [-0.2, 0) is 16.1 Å². The third kappa shape index (κ3) is 13.6. The van der Waals surface area contributed by atoms with E-state index in [1.54, 1.807) is 83.9 Å². The number of ether oxygens (including phenoxy) is 2. The quantitative estimate of drug-likeness (QED) is 0.0855. The number of carbonyl (C=O) groups excluding carboxylic acids is 4. The standard InChI is InChI=1S/C35H31N7O4.C29H25N7O3/c1-45-27-19-25-11-5-6-12-28(25)30(20-27)39-34(43)31-21-32(40-33(38-31)29-13-7-8-16-37-29)41-17-18-42(26(22-41)14-15-36)35(44)46-23-24-9-3-2-4-10-24;1-2-27(38)36-14-13-35(18-20(36)10-11-30)26-17-25(32-28(34-26)23-9-5-6-12-31-23)29(39)33-24-16-21(37)15-19-7-3-4-8-22(19)24/h2-13,16,19-21,26H,14,17-18,22-23H2,1H3,(H,39,43);2-9,12,15-17,20,37H,1,10,13-14,18H2,(H,33,39)/t26-;20-/m00/s1. The predicted molar refractivity (Wildman–Crippen MR) is 320 cm³/mol. The lowest BCUT2D eigenvalue weighted by atomic mass is 10.1. The fraction of sp³-hybridized carbons (Fsp3) is 0.188. The van der Waals surface area contributed by atoms with Crippen molar-refractivity contribution in [2.45, 2.75) is 31.5 Å². The number of fused-ring (bicyclic) bond motifs is 2. The van der Waals surface area contributed by atoms with Crippen LogP contribution in [0.2, 0.25) is 0 Å². The van der Waals surface area contributed by atoms with Gasteiger partial charge in [-0.15, -0.1) is 0 Å². The molecule has 2 atom stereocenters. The molecule has 424 valence electrons. The van der Waals surface area contributed by atoms with Gasteiger partial charge in [-0.3, -0.25) is 24.4 Å². The van der Waals surface area contributed by atoms with Crippen molar-refractivity contribution >= 4 is 68.4 Å². The number of rotatable bonds is 14. The topological polar surface area (TPSA) is 269 Å². The van der Waals surface area contributed by atoms with E-state index in [0.717, 1.165) is 27.1 Å². The number of nitrogens with one attached hydrogen (secondary N) is 2. The molecule has 0 spiro atoms. The maximum absolute atomic E-state index is 13.8. The average Bonchev–Trinajstić information content (AvgIpc) is 3.63. The Morgan fingerprint density at radius 2 is 1.13 bits per heavy atom. The number of piperazine rings is 2. The van der Waals surface area contributed by atoms with Crippen molar-refractivity contribution in [2.75, 3.05) is 66.8 Å². The number of methoxy groups -OCH3 is 1. The first-order valence-corrected chi connectivity index (χ1v) is 27.2. The lowest BCUT2D eigenvalue weighted by molar-refractivity contribution is -0.128. The highest BCUT2D eigenvalue weighted by molar-refractivity contribution is 6.10. The first-order valence-electron chi connectivity index (χ1n) is 27.2. The molecule has 4 amide bonds. The largest absolute Gasteiger partial charge is 0.508 e. The fourth-order valence-electron chi connectivity index (χ4n) is 10.1. The first-order chi connectivity index (χ1) is 41.5. The Labute approximate surface area is 489 Å². The van der Waals surface area contributed by atoms with Gasteiger partial charge in [0, 0.05) is 86.7 Å². The van der Waals surface area contributed by atoms with Crippen LogP contribution in [0.5, 0.6) is 11.5 Å². The monoisotopic (exact) mass is 1130 g/mol. The third-order valence-electron chi connectivity index (χ3n) is 14.3. The van der Waals surface area contributed by atoms with Gasteiger partial charge in [-0.2, -0.15) is 10.5 Å². The molecule has 3 N–H and O–H groups in total. The summed E-state index contributed by atoms with van der Waals surface area (Å²) in [7, 11) is 1.58. The zero-order chi connectivity index (χ0) is 59.2. The van der Waals surface area contributed by atoms with Gasteiger partial charge in [0.2, 0.25) is 5.91 Å². The number of aromatic nitrogens is 6. The molecular formula is C64H56N14O7. The van der Waals surface area contributed by atoms with Gasteiger partial charge in [-0.1, -0.05) is 97.6 Å². The molecule has 6 heterocycles.